The first-order valence-corrected chi connectivity index (χ1v) is 11.7. The Morgan fingerprint density at radius 3 is 2.72 bits per heavy atom. The molecule has 32 heavy (non-hydrogen) atoms. The smallest absolute Gasteiger partial charge is 0.244 e. The number of halogens is 3. The van der Waals surface area contributed by atoms with Gasteiger partial charge in [-0.1, -0.05) is 60.6 Å². The highest BCUT2D eigenvalue weighted by Gasteiger charge is 2.64. The van der Waals surface area contributed by atoms with Crippen molar-refractivity contribution in [2.24, 2.45) is 22.4 Å². The van der Waals surface area contributed by atoms with Gasteiger partial charge in [0.2, 0.25) is 5.91 Å². The number of methoxy groups -OCH3 is 1. The van der Waals surface area contributed by atoms with Crippen molar-refractivity contribution in [3.8, 4) is 11.5 Å². The van der Waals surface area contributed by atoms with Gasteiger partial charge in [0.05, 0.1) is 18.3 Å². The third-order valence-corrected chi connectivity index (χ3v) is 7.51. The molecular weight excluding hydrogens is 471 g/mol. The topological polar surface area (TPSA) is 59.9 Å². The van der Waals surface area contributed by atoms with Crippen molar-refractivity contribution >= 4 is 46.9 Å². The van der Waals surface area contributed by atoms with Crippen LogP contribution in [0.3, 0.4) is 0 Å². The lowest BCUT2D eigenvalue weighted by atomic mass is 9.90. The fraction of sp³-hybridized carbons (Fsp3) is 0.417. The standard InChI is InChI=1S/C24H25Cl3N2O3/c1-24-8-4-3-5-17(24)21(24)23(30)29-28-12-14-9-19(27)22(20(10-14)31-2)32-13-15-6-7-16(25)11-18(15)26/h6-7,9-12,17,21H,3-5,8,13H2,1-2H3,(H,29,30)/b28-12-/t17-,21-,24+/m0/s1. The Labute approximate surface area is 203 Å². The van der Waals surface area contributed by atoms with Gasteiger partial charge in [-0.2, -0.15) is 5.10 Å². The summed E-state index contributed by atoms with van der Waals surface area (Å²) in [6, 6.07) is 8.65. The van der Waals surface area contributed by atoms with Crippen LogP contribution in [0.1, 0.15) is 43.7 Å². The summed E-state index contributed by atoms with van der Waals surface area (Å²) in [4.78, 5) is 12.6. The van der Waals surface area contributed by atoms with Gasteiger partial charge in [-0.15, -0.1) is 0 Å². The Morgan fingerprint density at radius 2 is 2.03 bits per heavy atom. The lowest BCUT2D eigenvalue weighted by Crippen LogP contribution is -2.22. The molecule has 0 radical (unpaired) electrons. The minimum Gasteiger partial charge on any atom is -0.493 e. The summed E-state index contributed by atoms with van der Waals surface area (Å²) < 4.78 is 11.3. The molecular formula is C24H25Cl3N2O3. The molecule has 2 saturated carbocycles. The second-order valence-corrected chi connectivity index (χ2v) is 9.88. The molecule has 8 heteroatoms. The molecule has 0 saturated heterocycles. The summed E-state index contributed by atoms with van der Waals surface area (Å²) >= 11 is 18.6. The Bertz CT molecular complexity index is 1060. The molecule has 170 valence electrons. The van der Waals surface area contributed by atoms with E-state index in [0.29, 0.717) is 38.0 Å². The molecule has 0 aromatic heterocycles. The van der Waals surface area contributed by atoms with E-state index in [1.54, 1.807) is 36.5 Å². The molecule has 2 aliphatic rings. The molecule has 0 spiro atoms. The maximum absolute atomic E-state index is 12.6. The third kappa shape index (κ3) is 4.70. The average Bonchev–Trinajstić information content (AvgIpc) is 3.39. The molecule has 0 aliphatic heterocycles. The number of hydrogen-bond acceptors (Lipinski definition) is 4. The zero-order valence-corrected chi connectivity index (χ0v) is 20.2. The Morgan fingerprint density at radius 1 is 1.22 bits per heavy atom. The maximum atomic E-state index is 12.6. The normalized spacial score (nSPS) is 24.2. The lowest BCUT2D eigenvalue weighted by molar-refractivity contribution is -0.123. The summed E-state index contributed by atoms with van der Waals surface area (Å²) in [6.45, 7) is 2.42. The molecule has 4 rings (SSSR count). The summed E-state index contributed by atoms with van der Waals surface area (Å²) in [5.41, 5.74) is 4.30. The molecule has 0 unspecified atom stereocenters. The van der Waals surface area contributed by atoms with E-state index >= 15 is 0 Å². The molecule has 2 aromatic rings. The van der Waals surface area contributed by atoms with Gasteiger partial charge in [0.25, 0.3) is 0 Å². The second kappa shape index (κ2) is 9.50. The van der Waals surface area contributed by atoms with Gasteiger partial charge in [0.15, 0.2) is 11.5 Å². The van der Waals surface area contributed by atoms with Crippen LogP contribution >= 0.6 is 34.8 Å². The SMILES string of the molecule is COc1cc(/C=N\NC(=O)[C@@H]2[C@@H]3CCCC[C@@]23C)cc(Cl)c1OCc1ccc(Cl)cc1Cl. The Hall–Kier alpha value is -1.95. The van der Waals surface area contributed by atoms with Crippen molar-refractivity contribution in [2.75, 3.05) is 7.11 Å². The number of hydrazone groups is 1. The van der Waals surface area contributed by atoms with Gasteiger partial charge >= 0.3 is 0 Å². The van der Waals surface area contributed by atoms with Gasteiger partial charge in [0.1, 0.15) is 6.61 Å². The van der Waals surface area contributed by atoms with Crippen LogP contribution in [0.4, 0.5) is 0 Å². The number of amides is 1. The van der Waals surface area contributed by atoms with Gasteiger partial charge in [0, 0.05) is 21.5 Å². The Balaban J connectivity index is 1.41. The number of ether oxygens (including phenoxy) is 2. The fourth-order valence-corrected chi connectivity index (χ4v) is 5.57. The van der Waals surface area contributed by atoms with Crippen molar-refractivity contribution < 1.29 is 14.3 Å². The van der Waals surface area contributed by atoms with Crippen LogP contribution in [-0.2, 0) is 11.4 Å². The van der Waals surface area contributed by atoms with E-state index < -0.39 is 0 Å². The number of rotatable bonds is 7. The van der Waals surface area contributed by atoms with E-state index in [1.165, 1.54) is 20.0 Å². The molecule has 3 atom stereocenters. The highest BCUT2D eigenvalue weighted by Crippen LogP contribution is 2.66. The van der Waals surface area contributed by atoms with Crippen molar-refractivity contribution in [1.29, 1.82) is 0 Å². The molecule has 2 aliphatic carbocycles. The lowest BCUT2D eigenvalue weighted by Gasteiger charge is -2.15. The first kappa shape index (κ1) is 23.2. The van der Waals surface area contributed by atoms with Crippen LogP contribution in [-0.4, -0.2) is 19.2 Å². The van der Waals surface area contributed by atoms with E-state index in [2.05, 4.69) is 17.5 Å². The summed E-state index contributed by atoms with van der Waals surface area (Å²) in [5.74, 6) is 1.41. The van der Waals surface area contributed by atoms with Crippen LogP contribution in [0.5, 0.6) is 11.5 Å². The van der Waals surface area contributed by atoms with Crippen LogP contribution in [0, 0.1) is 17.3 Å². The van der Waals surface area contributed by atoms with Crippen molar-refractivity contribution in [3.63, 3.8) is 0 Å². The summed E-state index contributed by atoms with van der Waals surface area (Å²) in [6.07, 6.45) is 6.23. The number of nitrogens with zero attached hydrogens (tertiary/aromatic N) is 1. The second-order valence-electron chi connectivity index (χ2n) is 8.63. The average molecular weight is 496 g/mol. The minimum atomic E-state index is -0.00601. The van der Waals surface area contributed by atoms with E-state index in [0.717, 1.165) is 18.4 Å². The number of carbonyl (C=O) groups is 1. The minimum absolute atomic E-state index is 0.00601. The zero-order chi connectivity index (χ0) is 22.9. The van der Waals surface area contributed by atoms with E-state index in [4.69, 9.17) is 44.3 Å². The van der Waals surface area contributed by atoms with Gasteiger partial charge in [-0.3, -0.25) is 4.79 Å². The molecule has 1 amide bonds. The van der Waals surface area contributed by atoms with Crippen LogP contribution in [0.15, 0.2) is 35.4 Å². The molecule has 2 aromatic carbocycles. The van der Waals surface area contributed by atoms with Crippen molar-refractivity contribution in [3.05, 3.63) is 56.5 Å². The van der Waals surface area contributed by atoms with Gasteiger partial charge in [-0.05, 0) is 54.0 Å². The fourth-order valence-electron chi connectivity index (χ4n) is 4.83. The zero-order valence-electron chi connectivity index (χ0n) is 18.0. The van der Waals surface area contributed by atoms with Crippen LogP contribution < -0.4 is 14.9 Å². The first-order chi connectivity index (χ1) is 15.3. The highest BCUT2D eigenvalue weighted by molar-refractivity contribution is 6.35. The molecule has 2 fully saturated rings. The summed E-state index contributed by atoms with van der Waals surface area (Å²) in [5, 5.41) is 5.57. The predicted molar refractivity (Wildman–Crippen MR) is 128 cm³/mol. The van der Waals surface area contributed by atoms with E-state index in [9.17, 15) is 4.79 Å². The largest absolute Gasteiger partial charge is 0.493 e. The first-order valence-electron chi connectivity index (χ1n) is 10.6. The van der Waals surface area contributed by atoms with Crippen molar-refractivity contribution in [1.82, 2.24) is 5.43 Å². The van der Waals surface area contributed by atoms with Crippen LogP contribution in [0.25, 0.3) is 0 Å². The van der Waals surface area contributed by atoms with Crippen molar-refractivity contribution in [2.45, 2.75) is 39.2 Å². The quantitative estimate of drug-likeness (QED) is 0.352. The molecule has 1 N–H and O–H groups in total. The maximum Gasteiger partial charge on any atom is 0.244 e. The van der Waals surface area contributed by atoms with Gasteiger partial charge < -0.3 is 9.47 Å². The van der Waals surface area contributed by atoms with E-state index in [1.807, 2.05) is 0 Å². The number of hydrogen-bond donors (Lipinski definition) is 1. The highest BCUT2D eigenvalue weighted by atomic mass is 35.5. The summed E-state index contributed by atoms with van der Waals surface area (Å²) in [7, 11) is 1.53. The number of carbonyl (C=O) groups excluding carboxylic acids is 1. The van der Waals surface area contributed by atoms with Crippen LogP contribution in [0.2, 0.25) is 15.1 Å². The number of nitrogens with one attached hydrogen (secondary N) is 1. The predicted octanol–water partition coefficient (Wildman–Crippen LogP) is 6.51. The molecule has 0 heterocycles. The molecule has 5 nitrogen and oxygen atoms in total. The number of fused-ring (bicyclic) bond motifs is 1. The third-order valence-electron chi connectivity index (χ3n) is 6.64. The Kier molecular flexibility index (Phi) is 6.89. The van der Waals surface area contributed by atoms with E-state index in [-0.39, 0.29) is 23.8 Å². The van der Waals surface area contributed by atoms with Gasteiger partial charge in [-0.25, -0.2) is 5.43 Å². The molecule has 0 bridgehead atoms. The monoisotopic (exact) mass is 494 g/mol. The number of benzene rings is 2.